The number of unbranched alkanes of at least 4 members (excludes halogenated alkanes) is 13. The van der Waals surface area contributed by atoms with Gasteiger partial charge in [0.25, 0.3) is 0 Å². The zero-order valence-electron chi connectivity index (χ0n) is 15.8. The minimum absolute atomic E-state index is 0.569. The van der Waals surface area contributed by atoms with Crippen LogP contribution >= 0.6 is 0 Å². The number of epoxide rings is 1. The van der Waals surface area contributed by atoms with E-state index in [4.69, 9.17) is 9.47 Å². The van der Waals surface area contributed by atoms with Crippen molar-refractivity contribution in [1.82, 2.24) is 0 Å². The summed E-state index contributed by atoms with van der Waals surface area (Å²) in [6.07, 6.45) is 22.8. The Morgan fingerprint density at radius 2 is 1.09 bits per heavy atom. The van der Waals surface area contributed by atoms with Gasteiger partial charge in [-0.15, -0.1) is 0 Å². The number of hydrogen-bond donors (Lipinski definition) is 0. The van der Waals surface area contributed by atoms with E-state index in [1.165, 1.54) is 103 Å². The van der Waals surface area contributed by atoms with Gasteiger partial charge in [0.15, 0.2) is 0 Å². The van der Waals surface area contributed by atoms with Gasteiger partial charge >= 0.3 is 0 Å². The summed E-state index contributed by atoms with van der Waals surface area (Å²) in [5, 5.41) is 0. The van der Waals surface area contributed by atoms with Gasteiger partial charge in [-0.25, -0.2) is 0 Å². The molecule has 1 aliphatic rings. The average molecular weight is 327 g/mol. The summed E-state index contributed by atoms with van der Waals surface area (Å²) >= 11 is 0. The molecule has 0 radical (unpaired) electrons. The van der Waals surface area contributed by atoms with Crippen molar-refractivity contribution in [2.75, 3.05) is 19.8 Å². The zero-order chi connectivity index (χ0) is 16.4. The normalized spacial score (nSPS) is 16.8. The molecule has 0 aromatic rings. The van der Waals surface area contributed by atoms with Gasteiger partial charge in [-0.05, 0) is 19.3 Å². The van der Waals surface area contributed by atoms with Crippen LogP contribution in [0.3, 0.4) is 0 Å². The Labute approximate surface area is 145 Å². The van der Waals surface area contributed by atoms with Gasteiger partial charge in [0.1, 0.15) is 0 Å². The first-order valence-corrected chi connectivity index (χ1v) is 10.6. The van der Waals surface area contributed by atoms with Crippen LogP contribution in [0.4, 0.5) is 0 Å². The third kappa shape index (κ3) is 16.6. The van der Waals surface area contributed by atoms with Crippen molar-refractivity contribution >= 4 is 0 Å². The lowest BCUT2D eigenvalue weighted by atomic mass is 10.0. The van der Waals surface area contributed by atoms with Crippen molar-refractivity contribution in [1.29, 1.82) is 0 Å². The molecule has 0 aliphatic carbocycles. The summed E-state index contributed by atoms with van der Waals surface area (Å²) in [7, 11) is 0. The molecule has 0 aromatic carbocycles. The maximum absolute atomic E-state index is 5.66. The van der Waals surface area contributed by atoms with Crippen molar-refractivity contribution in [2.24, 2.45) is 0 Å². The minimum atomic E-state index is 0.569. The number of rotatable bonds is 19. The average Bonchev–Trinajstić information content (AvgIpc) is 3.38. The quantitative estimate of drug-likeness (QED) is 0.195. The Bertz CT molecular complexity index is 226. The highest BCUT2D eigenvalue weighted by molar-refractivity contribution is 4.67. The summed E-state index contributed by atoms with van der Waals surface area (Å²) in [4.78, 5) is 0. The molecule has 2 nitrogen and oxygen atoms in total. The molecule has 0 spiro atoms. The fourth-order valence-corrected chi connectivity index (χ4v) is 3.15. The SMILES string of the molecule is CCCCCCCCCCCCCCCCOCCCC1CO1. The molecule has 1 unspecified atom stereocenters. The lowest BCUT2D eigenvalue weighted by Gasteiger charge is -2.04. The fourth-order valence-electron chi connectivity index (χ4n) is 3.15. The van der Waals surface area contributed by atoms with E-state index in [-0.39, 0.29) is 0 Å². The van der Waals surface area contributed by atoms with Crippen LogP contribution in [0.5, 0.6) is 0 Å². The van der Waals surface area contributed by atoms with Crippen LogP contribution in [-0.4, -0.2) is 25.9 Å². The molecule has 2 heteroatoms. The van der Waals surface area contributed by atoms with Crippen molar-refractivity contribution in [3.8, 4) is 0 Å². The number of hydrogen-bond acceptors (Lipinski definition) is 2. The van der Waals surface area contributed by atoms with Crippen LogP contribution in [0.2, 0.25) is 0 Å². The summed E-state index contributed by atoms with van der Waals surface area (Å²) in [6.45, 7) is 5.17. The first-order valence-electron chi connectivity index (χ1n) is 10.6. The molecule has 1 fully saturated rings. The van der Waals surface area contributed by atoms with Crippen molar-refractivity contribution in [2.45, 2.75) is 116 Å². The second kappa shape index (κ2) is 16.8. The molecule has 0 amide bonds. The second-order valence-corrected chi connectivity index (χ2v) is 7.31. The van der Waals surface area contributed by atoms with Gasteiger partial charge in [0.2, 0.25) is 0 Å². The fraction of sp³-hybridized carbons (Fsp3) is 1.00. The Morgan fingerprint density at radius 1 is 0.652 bits per heavy atom. The molecule has 138 valence electrons. The molecule has 1 saturated heterocycles. The molecule has 0 bridgehead atoms. The van der Waals surface area contributed by atoms with Gasteiger partial charge < -0.3 is 9.47 Å². The molecule has 0 aromatic heterocycles. The molecule has 1 atom stereocenters. The Balaban J connectivity index is 1.59. The maximum Gasteiger partial charge on any atom is 0.0810 e. The van der Waals surface area contributed by atoms with E-state index in [1.54, 1.807) is 0 Å². The predicted molar refractivity (Wildman–Crippen MR) is 100 cm³/mol. The van der Waals surface area contributed by atoms with E-state index >= 15 is 0 Å². The van der Waals surface area contributed by atoms with Crippen LogP contribution in [-0.2, 0) is 9.47 Å². The highest BCUT2D eigenvalue weighted by Gasteiger charge is 2.20. The number of ether oxygens (including phenoxy) is 2. The van der Waals surface area contributed by atoms with E-state index in [1.807, 2.05) is 0 Å². The first-order chi connectivity index (χ1) is 11.4. The molecule has 1 aliphatic heterocycles. The molecule has 1 rings (SSSR count). The molecule has 0 saturated carbocycles. The lowest BCUT2D eigenvalue weighted by molar-refractivity contribution is 0.124. The highest BCUT2D eigenvalue weighted by atomic mass is 16.6. The minimum Gasteiger partial charge on any atom is -0.381 e. The van der Waals surface area contributed by atoms with Crippen LogP contribution in [0.25, 0.3) is 0 Å². The van der Waals surface area contributed by atoms with E-state index in [0.29, 0.717) is 6.10 Å². The third-order valence-corrected chi connectivity index (χ3v) is 4.86. The van der Waals surface area contributed by atoms with E-state index in [0.717, 1.165) is 19.8 Å². The molecular formula is C21H42O2. The zero-order valence-corrected chi connectivity index (χ0v) is 15.8. The third-order valence-electron chi connectivity index (χ3n) is 4.86. The molecular weight excluding hydrogens is 284 g/mol. The summed E-state index contributed by atoms with van der Waals surface area (Å²) < 4.78 is 10.8. The standard InChI is InChI=1S/C21H42O2/c1-2-3-4-5-6-7-8-9-10-11-12-13-14-15-18-22-19-16-17-21-20-23-21/h21H,2-20H2,1H3. The summed E-state index contributed by atoms with van der Waals surface area (Å²) in [6, 6.07) is 0. The van der Waals surface area contributed by atoms with E-state index < -0.39 is 0 Å². The predicted octanol–water partition coefficient (Wildman–Crippen LogP) is 6.66. The van der Waals surface area contributed by atoms with Gasteiger partial charge in [-0.3, -0.25) is 0 Å². The van der Waals surface area contributed by atoms with Crippen LogP contribution in [0.1, 0.15) is 110 Å². The Morgan fingerprint density at radius 3 is 1.57 bits per heavy atom. The van der Waals surface area contributed by atoms with E-state index in [9.17, 15) is 0 Å². The van der Waals surface area contributed by atoms with Gasteiger partial charge in [-0.2, -0.15) is 0 Å². The van der Waals surface area contributed by atoms with E-state index in [2.05, 4.69) is 6.92 Å². The molecule has 0 N–H and O–H groups in total. The Hall–Kier alpha value is -0.0800. The highest BCUT2D eigenvalue weighted by Crippen LogP contribution is 2.15. The van der Waals surface area contributed by atoms with Crippen LogP contribution in [0, 0.1) is 0 Å². The van der Waals surface area contributed by atoms with Crippen molar-refractivity contribution in [3.63, 3.8) is 0 Å². The molecule has 1 heterocycles. The van der Waals surface area contributed by atoms with Gasteiger partial charge in [0, 0.05) is 13.2 Å². The van der Waals surface area contributed by atoms with Crippen molar-refractivity contribution in [3.05, 3.63) is 0 Å². The van der Waals surface area contributed by atoms with Crippen molar-refractivity contribution < 1.29 is 9.47 Å². The summed E-state index contributed by atoms with van der Waals surface area (Å²) in [5.41, 5.74) is 0. The topological polar surface area (TPSA) is 21.8 Å². The van der Waals surface area contributed by atoms with Gasteiger partial charge in [-0.1, -0.05) is 90.4 Å². The first kappa shape index (κ1) is 21.0. The second-order valence-electron chi connectivity index (χ2n) is 7.31. The largest absolute Gasteiger partial charge is 0.381 e. The van der Waals surface area contributed by atoms with Gasteiger partial charge in [0.05, 0.1) is 12.7 Å². The Kier molecular flexibility index (Phi) is 15.3. The lowest BCUT2D eigenvalue weighted by Crippen LogP contribution is -1.98. The van der Waals surface area contributed by atoms with Crippen LogP contribution < -0.4 is 0 Å². The molecule has 23 heavy (non-hydrogen) atoms. The van der Waals surface area contributed by atoms with Crippen LogP contribution in [0.15, 0.2) is 0 Å². The smallest absolute Gasteiger partial charge is 0.0810 e. The monoisotopic (exact) mass is 326 g/mol. The maximum atomic E-state index is 5.66. The summed E-state index contributed by atoms with van der Waals surface area (Å²) in [5.74, 6) is 0.